The first-order valence-electron chi connectivity index (χ1n) is 2.91. The summed E-state index contributed by atoms with van der Waals surface area (Å²) in [5.74, 6) is 1.75. The standard InChI is InChI=1S/C5H11NO2S/c1-6-4-9-3-2-8-5(9)7/h6,9H,2-4H2,1H3. The molecule has 1 atom stereocenters. The van der Waals surface area contributed by atoms with Gasteiger partial charge in [0.15, 0.2) is 0 Å². The van der Waals surface area contributed by atoms with Gasteiger partial charge in [-0.25, -0.2) is 4.79 Å². The highest BCUT2D eigenvalue weighted by atomic mass is 32.2. The van der Waals surface area contributed by atoms with Gasteiger partial charge in [-0.05, 0) is 7.05 Å². The van der Waals surface area contributed by atoms with Crippen molar-refractivity contribution in [2.45, 2.75) is 0 Å². The Balaban J connectivity index is 2.31. The number of ether oxygens (including phenoxy) is 1. The molecule has 0 amide bonds. The van der Waals surface area contributed by atoms with Crippen LogP contribution >= 0.6 is 10.9 Å². The maximum Gasteiger partial charge on any atom is 0.348 e. The fraction of sp³-hybridized carbons (Fsp3) is 0.800. The topological polar surface area (TPSA) is 38.3 Å². The molecule has 1 fully saturated rings. The molecular weight excluding hydrogens is 138 g/mol. The summed E-state index contributed by atoms with van der Waals surface area (Å²) >= 11 is 0. The molecule has 0 aliphatic carbocycles. The lowest BCUT2D eigenvalue weighted by atomic mass is 10.9. The van der Waals surface area contributed by atoms with Crippen molar-refractivity contribution in [2.24, 2.45) is 0 Å². The molecule has 4 heteroatoms. The van der Waals surface area contributed by atoms with E-state index in [0.29, 0.717) is 6.61 Å². The Kier molecular flexibility index (Phi) is 2.36. The normalized spacial score (nSPS) is 30.3. The summed E-state index contributed by atoms with van der Waals surface area (Å²) in [6, 6.07) is 0. The van der Waals surface area contributed by atoms with Gasteiger partial charge in [-0.15, -0.1) is 10.9 Å². The maximum atomic E-state index is 10.7. The number of hydrogen-bond donors (Lipinski definition) is 2. The zero-order valence-electron chi connectivity index (χ0n) is 5.39. The molecule has 1 heterocycles. The molecular formula is C5H11NO2S. The van der Waals surface area contributed by atoms with Crippen molar-refractivity contribution < 1.29 is 9.53 Å². The van der Waals surface area contributed by atoms with Crippen LogP contribution in [0.4, 0.5) is 4.79 Å². The smallest absolute Gasteiger partial charge is 0.348 e. The molecule has 3 nitrogen and oxygen atoms in total. The van der Waals surface area contributed by atoms with Crippen LogP contribution in [-0.4, -0.2) is 30.6 Å². The van der Waals surface area contributed by atoms with E-state index in [-0.39, 0.29) is 5.30 Å². The first-order chi connectivity index (χ1) is 4.34. The molecule has 0 radical (unpaired) electrons. The van der Waals surface area contributed by atoms with Gasteiger partial charge in [0, 0.05) is 11.6 Å². The largest absolute Gasteiger partial charge is 0.458 e. The van der Waals surface area contributed by atoms with E-state index in [1.165, 1.54) is 0 Å². The molecule has 9 heavy (non-hydrogen) atoms. The number of carbonyl (C=O) groups is 1. The average Bonchev–Trinajstić information content (AvgIpc) is 2.18. The van der Waals surface area contributed by atoms with Crippen molar-refractivity contribution >= 4 is 16.2 Å². The van der Waals surface area contributed by atoms with Crippen LogP contribution in [0, 0.1) is 0 Å². The van der Waals surface area contributed by atoms with E-state index < -0.39 is 10.9 Å². The number of nitrogens with one attached hydrogen (secondary N) is 1. The monoisotopic (exact) mass is 149 g/mol. The van der Waals surface area contributed by atoms with E-state index >= 15 is 0 Å². The van der Waals surface area contributed by atoms with Crippen molar-refractivity contribution in [3.05, 3.63) is 0 Å². The minimum atomic E-state index is -0.479. The fourth-order valence-electron chi connectivity index (χ4n) is 0.760. The Morgan fingerprint density at radius 2 is 2.67 bits per heavy atom. The third kappa shape index (κ3) is 1.59. The number of thiol groups is 1. The predicted molar refractivity (Wildman–Crippen MR) is 39.1 cm³/mol. The molecule has 0 saturated carbocycles. The highest BCUT2D eigenvalue weighted by Crippen LogP contribution is 2.30. The summed E-state index contributed by atoms with van der Waals surface area (Å²) in [6.45, 7) is 0.631. The van der Waals surface area contributed by atoms with Gasteiger partial charge in [-0.3, -0.25) is 0 Å². The van der Waals surface area contributed by atoms with Gasteiger partial charge in [-0.1, -0.05) is 0 Å². The number of cyclic esters (lactones) is 1. The fourth-order valence-corrected chi connectivity index (χ4v) is 2.20. The van der Waals surface area contributed by atoms with E-state index in [9.17, 15) is 4.79 Å². The van der Waals surface area contributed by atoms with Gasteiger partial charge in [0.05, 0.1) is 0 Å². The summed E-state index contributed by atoms with van der Waals surface area (Å²) in [6.07, 6.45) is 0. The van der Waals surface area contributed by atoms with Crippen molar-refractivity contribution in [2.75, 3.05) is 25.3 Å². The molecule has 1 unspecified atom stereocenters. The highest BCUT2D eigenvalue weighted by Gasteiger charge is 2.20. The lowest BCUT2D eigenvalue weighted by molar-refractivity contribution is 0.188. The highest BCUT2D eigenvalue weighted by molar-refractivity contribution is 8.29. The third-order valence-electron chi connectivity index (χ3n) is 1.19. The van der Waals surface area contributed by atoms with Crippen LogP contribution in [0.2, 0.25) is 0 Å². The molecule has 0 bridgehead atoms. The summed E-state index contributed by atoms with van der Waals surface area (Å²) < 4.78 is 4.77. The second-order valence-electron chi connectivity index (χ2n) is 1.89. The minimum absolute atomic E-state index is 0.0133. The number of hydrogen-bond acceptors (Lipinski definition) is 3. The van der Waals surface area contributed by atoms with Crippen LogP contribution in [-0.2, 0) is 4.74 Å². The van der Waals surface area contributed by atoms with Crippen LogP contribution < -0.4 is 5.32 Å². The van der Waals surface area contributed by atoms with Crippen molar-refractivity contribution in [1.29, 1.82) is 0 Å². The van der Waals surface area contributed by atoms with Crippen LogP contribution in [0.25, 0.3) is 0 Å². The average molecular weight is 149 g/mol. The Bertz CT molecular complexity index is 118. The first-order valence-corrected chi connectivity index (χ1v) is 4.62. The van der Waals surface area contributed by atoms with Crippen LogP contribution in [0.3, 0.4) is 0 Å². The lowest BCUT2D eigenvalue weighted by Crippen LogP contribution is -2.10. The molecule has 1 saturated heterocycles. The first kappa shape index (κ1) is 6.89. The molecule has 1 aliphatic heterocycles. The van der Waals surface area contributed by atoms with Crippen LogP contribution in [0.15, 0.2) is 0 Å². The molecule has 0 aromatic rings. The maximum absolute atomic E-state index is 10.7. The summed E-state index contributed by atoms with van der Waals surface area (Å²) in [5.41, 5.74) is 0. The Morgan fingerprint density at radius 1 is 1.89 bits per heavy atom. The van der Waals surface area contributed by atoms with E-state index in [1.54, 1.807) is 0 Å². The quantitative estimate of drug-likeness (QED) is 0.438. The zero-order valence-corrected chi connectivity index (χ0v) is 6.28. The van der Waals surface area contributed by atoms with E-state index in [2.05, 4.69) is 5.32 Å². The van der Waals surface area contributed by atoms with Crippen molar-refractivity contribution in [3.8, 4) is 0 Å². The molecule has 0 spiro atoms. The molecule has 1 N–H and O–H groups in total. The van der Waals surface area contributed by atoms with Crippen molar-refractivity contribution in [1.82, 2.24) is 5.32 Å². The van der Waals surface area contributed by atoms with Gasteiger partial charge < -0.3 is 10.1 Å². The predicted octanol–water partition coefficient (Wildman–Crippen LogP) is 0.315. The number of carbonyl (C=O) groups excluding carboxylic acids is 1. The van der Waals surface area contributed by atoms with E-state index in [1.807, 2.05) is 7.05 Å². The minimum Gasteiger partial charge on any atom is -0.458 e. The second-order valence-corrected chi connectivity index (χ2v) is 4.10. The Hall–Kier alpha value is -0.220. The molecule has 0 aromatic heterocycles. The SMILES string of the molecule is CNC[SH]1CCOC1=O. The molecule has 54 valence electrons. The molecule has 0 aromatic carbocycles. The Morgan fingerprint density at radius 3 is 3.11 bits per heavy atom. The van der Waals surface area contributed by atoms with Crippen LogP contribution in [0.1, 0.15) is 0 Å². The molecule has 1 rings (SSSR count). The third-order valence-corrected chi connectivity index (χ3v) is 3.26. The summed E-state index contributed by atoms with van der Waals surface area (Å²) in [4.78, 5) is 10.7. The Labute approximate surface area is 57.1 Å². The number of rotatable bonds is 2. The lowest BCUT2D eigenvalue weighted by Gasteiger charge is -2.06. The summed E-state index contributed by atoms with van der Waals surface area (Å²) in [5, 5.41) is 2.98. The second kappa shape index (κ2) is 3.08. The van der Waals surface area contributed by atoms with E-state index in [0.717, 1.165) is 11.6 Å². The van der Waals surface area contributed by atoms with Gasteiger partial charge >= 0.3 is 5.30 Å². The van der Waals surface area contributed by atoms with E-state index in [4.69, 9.17) is 4.74 Å². The van der Waals surface area contributed by atoms with Gasteiger partial charge in [0.25, 0.3) is 0 Å². The zero-order chi connectivity index (χ0) is 6.69. The molecule has 1 aliphatic rings. The van der Waals surface area contributed by atoms with Gasteiger partial charge in [0.1, 0.15) is 6.61 Å². The van der Waals surface area contributed by atoms with Gasteiger partial charge in [0.2, 0.25) is 0 Å². The summed E-state index contributed by atoms with van der Waals surface area (Å²) in [7, 11) is 1.38. The van der Waals surface area contributed by atoms with Crippen LogP contribution in [0.5, 0.6) is 0 Å². The van der Waals surface area contributed by atoms with Gasteiger partial charge in [-0.2, -0.15) is 0 Å². The van der Waals surface area contributed by atoms with Crippen molar-refractivity contribution in [3.63, 3.8) is 0 Å².